The van der Waals surface area contributed by atoms with E-state index in [0.717, 1.165) is 0 Å². The van der Waals surface area contributed by atoms with E-state index in [9.17, 15) is 109 Å². The highest BCUT2D eigenvalue weighted by Crippen LogP contribution is 2.54. The van der Waals surface area contributed by atoms with Crippen molar-refractivity contribution in [1.82, 2.24) is 49.2 Å². The minimum atomic E-state index is -6.58. The summed E-state index contributed by atoms with van der Waals surface area (Å²) in [6.07, 6.45) is -27.5. The molecule has 2 aliphatic rings. The van der Waals surface area contributed by atoms with Crippen LogP contribution in [0, 0.1) is 0 Å². The average Bonchev–Trinajstić information content (AvgIpc) is 3.15. The van der Waals surface area contributed by atoms with Gasteiger partial charge in [0, 0.05) is 0 Å². The molecule has 0 aliphatic carbocycles. The molecule has 0 bridgehead atoms. The third kappa shape index (κ3) is 29.7. The predicted molar refractivity (Wildman–Crippen MR) is 187 cm³/mol. The molecule has 0 saturated carbocycles. The lowest BCUT2D eigenvalue weighted by atomic mass is 9.99. The van der Waals surface area contributed by atoms with Crippen molar-refractivity contribution in [2.24, 2.45) is 0 Å². The third-order valence-corrected chi connectivity index (χ3v) is 9.18. The molecule has 2 heterocycles. The summed E-state index contributed by atoms with van der Waals surface area (Å²) in [4.78, 5) is 0. The molecule has 0 aromatic heterocycles. The molecule has 2 rings (SSSR count). The standard InChI is InChI=1S/C12H38O35S8.8H3N/c13-48(14,15)37-1-4-6(43-51(22,23)24)8(45-53(28,29)30)9(46-54(31,32)33)11(40-4)42-12(3-39-50(19,20)21)10(47-55(34,35)36)7(44-52(25,26)27)5(41-12)2-38-49(16,17)18;;;;;;;;/h4-11,13-36H,1-3H2;8*1H3/p-16. The van der Waals surface area contributed by atoms with Gasteiger partial charge in [0.25, 0.3) is 0 Å². The molecule has 0 amide bonds. The summed E-state index contributed by atoms with van der Waals surface area (Å²) >= 11 is -50.8. The van der Waals surface area contributed by atoms with Gasteiger partial charge in [-0.05, 0) is 0 Å². The lowest BCUT2D eigenvalue weighted by Gasteiger charge is -2.70. The Bertz CT molecular complexity index is 1230. The highest BCUT2D eigenvalue weighted by atomic mass is 32.3. The van der Waals surface area contributed by atoms with Crippen molar-refractivity contribution in [2.75, 3.05) is 19.8 Å². The minimum absolute atomic E-state index is 0. The number of rotatable bonds is 21. The number of quaternary nitrogens is 8. The molecule has 32 N–H and O–H groups in total. The fourth-order valence-electron chi connectivity index (χ4n) is 4.21. The van der Waals surface area contributed by atoms with E-state index >= 15 is 0 Å². The van der Waals surface area contributed by atoms with Crippen molar-refractivity contribution in [2.45, 2.75) is 54.8 Å². The van der Waals surface area contributed by atoms with E-state index in [0.29, 0.717) is 0 Å². The SMILES string of the molecule is [NH4+].[NH4+].[NH4+].[NH4+].[NH4+].[NH4+].[NH4+].[NH4+].[O-]S([O-])([O-])OCC1OC(OC2(COS([O-])([O-])[O-])OC(COS([O-])([O-])[O-])C(OS([O-])([O-])[O-])C2OS([O-])([O-])[O-])C(OS([O-])([O-])[O-])C(OS([O-])([O-])[O-])C1OS([O-])([O-])[O-]. The van der Waals surface area contributed by atoms with Gasteiger partial charge in [-0.25, -0.2) is 0 Å². The first kappa shape index (κ1) is 78.3. The molecule has 0 aromatic rings. The zero-order valence-electron chi connectivity index (χ0n) is 32.8. The van der Waals surface area contributed by atoms with Crippen LogP contribution in [0.1, 0.15) is 0 Å². The second-order valence-corrected chi connectivity index (χ2v) is 17.7. The Balaban J connectivity index is -0.000000784. The second-order valence-electron chi connectivity index (χ2n) is 9.49. The molecule has 9 unspecified atom stereocenters. The Morgan fingerprint density at radius 1 is 0.349 bits per heavy atom. The third-order valence-electron chi connectivity index (χ3n) is 5.65. The van der Waals surface area contributed by atoms with E-state index in [1.165, 1.54) is 0 Å². The van der Waals surface area contributed by atoms with E-state index in [1.807, 2.05) is 0 Å². The normalized spacial score (nSPS) is 29.1. The first-order valence-corrected chi connectivity index (χ1v) is 22.9. The summed E-state index contributed by atoms with van der Waals surface area (Å²) in [5.74, 6) is -4.31. The predicted octanol–water partition coefficient (Wildman–Crippen LogP) is -1.31. The van der Waals surface area contributed by atoms with E-state index in [1.54, 1.807) is 0 Å². The molecule has 43 nitrogen and oxygen atoms in total. The summed E-state index contributed by atoms with van der Waals surface area (Å²) in [5, 5.41) is 0. The van der Waals surface area contributed by atoms with Crippen molar-refractivity contribution >= 4 is 89.2 Å². The Hall–Kier alpha value is 1.08. The molecule has 2 saturated heterocycles. The molecule has 2 fully saturated rings. The van der Waals surface area contributed by atoms with Gasteiger partial charge in [0.1, 0.15) is 43.2 Å². The van der Waals surface area contributed by atoms with Gasteiger partial charge in [-0.1, -0.05) is 0 Å². The molecule has 0 spiro atoms. The van der Waals surface area contributed by atoms with Crippen LogP contribution >= 0.6 is 89.2 Å². The van der Waals surface area contributed by atoms with Gasteiger partial charge in [-0.2, -0.15) is 0 Å². The first-order valence-electron chi connectivity index (χ1n) is 12.2. The summed E-state index contributed by atoms with van der Waals surface area (Å²) in [6.45, 7) is -6.74. The minimum Gasteiger partial charge on any atom is -0.815 e. The first-order chi connectivity index (χ1) is 24.2. The highest BCUT2D eigenvalue weighted by molar-refractivity contribution is 8.16. The topological polar surface area (TPSA) is 947 Å². The van der Waals surface area contributed by atoms with Crippen LogP contribution in [-0.4, -0.2) is 184 Å². The van der Waals surface area contributed by atoms with E-state index in [-0.39, 0.29) is 49.2 Å². The highest BCUT2D eigenvalue weighted by Gasteiger charge is 2.62. The van der Waals surface area contributed by atoms with Gasteiger partial charge < -0.3 is 295 Å². The molecular formula is C12H46N8O35S8-16. The Kier molecular flexibility index (Phi) is 34.9. The fraction of sp³-hybridized carbons (Fsp3) is 1.00. The molecule has 0 aromatic carbocycles. The van der Waals surface area contributed by atoms with Crippen LogP contribution in [0.15, 0.2) is 0 Å². The maximum absolute atomic E-state index is 11.7. The van der Waals surface area contributed by atoms with E-state index in [4.69, 9.17) is 14.2 Å². The average molecular weight is 1120 g/mol. The van der Waals surface area contributed by atoms with Gasteiger partial charge in [0.15, 0.2) is 12.4 Å². The molecule has 9 atom stereocenters. The van der Waals surface area contributed by atoms with Crippen molar-refractivity contribution in [1.29, 1.82) is 0 Å². The Morgan fingerprint density at radius 3 is 1.02 bits per heavy atom. The molecule has 51 heteroatoms. The molecule has 2 aliphatic heterocycles. The second kappa shape index (κ2) is 28.1. The maximum atomic E-state index is 11.7. The molecular weight excluding hydrogens is 1070 g/mol. The van der Waals surface area contributed by atoms with Crippen LogP contribution in [0.4, 0.5) is 0 Å². The van der Waals surface area contributed by atoms with Gasteiger partial charge in [-0.15, -0.1) is 0 Å². The van der Waals surface area contributed by atoms with Crippen molar-refractivity contribution < 1.29 is 157 Å². The molecule has 408 valence electrons. The van der Waals surface area contributed by atoms with E-state index in [2.05, 4.69) is 33.5 Å². The largest absolute Gasteiger partial charge is 0.815 e. The van der Waals surface area contributed by atoms with Crippen LogP contribution in [0.2, 0.25) is 0 Å². The summed E-state index contributed by atoms with van der Waals surface area (Å²) in [7, 11) is 0. The molecule has 63 heavy (non-hydrogen) atoms. The van der Waals surface area contributed by atoms with Crippen molar-refractivity contribution in [3.05, 3.63) is 0 Å². The van der Waals surface area contributed by atoms with E-state index < -0.39 is 164 Å². The Morgan fingerprint density at radius 2 is 0.667 bits per heavy atom. The zero-order chi connectivity index (χ0) is 43.0. The molecule has 0 radical (unpaired) electrons. The summed E-state index contributed by atoms with van der Waals surface area (Å²) in [6, 6.07) is 0. The van der Waals surface area contributed by atoms with Crippen LogP contribution in [0.5, 0.6) is 0 Å². The van der Waals surface area contributed by atoms with Crippen LogP contribution in [0.3, 0.4) is 0 Å². The Labute approximate surface area is 368 Å². The van der Waals surface area contributed by atoms with Crippen LogP contribution < -0.4 is 49.2 Å². The van der Waals surface area contributed by atoms with Gasteiger partial charge in [0.05, 0.1) is 13.2 Å². The number of hydrogen-bond donors (Lipinski definition) is 8. The van der Waals surface area contributed by atoms with Crippen molar-refractivity contribution in [3.63, 3.8) is 0 Å². The monoisotopic (exact) mass is 1120 g/mol. The van der Waals surface area contributed by atoms with Crippen molar-refractivity contribution in [3.8, 4) is 0 Å². The smallest absolute Gasteiger partial charge is 0.226 e. The lowest BCUT2D eigenvalue weighted by molar-refractivity contribution is -0.376. The van der Waals surface area contributed by atoms with Gasteiger partial charge in [0.2, 0.25) is 5.79 Å². The number of hydrogen-bond acceptors (Lipinski definition) is 35. The van der Waals surface area contributed by atoms with Crippen LogP contribution in [-0.2, 0) is 47.7 Å². The fourth-order valence-corrected chi connectivity index (χ4v) is 7.60. The summed E-state index contributed by atoms with van der Waals surface area (Å²) in [5.41, 5.74) is 0. The summed E-state index contributed by atoms with van der Waals surface area (Å²) < 4.78 is 320. The maximum Gasteiger partial charge on any atom is 0.226 e. The quantitative estimate of drug-likeness (QED) is 0.0662. The van der Waals surface area contributed by atoms with Gasteiger partial charge in [-0.3, -0.25) is 0 Å². The zero-order valence-corrected chi connectivity index (χ0v) is 39.3. The van der Waals surface area contributed by atoms with Crippen LogP contribution in [0.25, 0.3) is 0 Å². The lowest BCUT2D eigenvalue weighted by Crippen LogP contribution is -2.65. The number of ether oxygens (including phenoxy) is 3. The van der Waals surface area contributed by atoms with Gasteiger partial charge >= 0.3 is 0 Å².